The van der Waals surface area contributed by atoms with Crippen molar-refractivity contribution in [3.8, 4) is 11.5 Å². The van der Waals surface area contributed by atoms with Gasteiger partial charge in [0.1, 0.15) is 22.4 Å². The summed E-state index contributed by atoms with van der Waals surface area (Å²) in [6, 6.07) is 20.0. The van der Waals surface area contributed by atoms with Gasteiger partial charge in [0, 0.05) is 5.69 Å². The molecule has 0 saturated carbocycles. The summed E-state index contributed by atoms with van der Waals surface area (Å²) in [5.41, 5.74) is 2.12. The lowest BCUT2D eigenvalue weighted by Gasteiger charge is -2.20. The largest absolute Gasteiger partial charge is 0.495 e. The van der Waals surface area contributed by atoms with Crippen LogP contribution in [-0.2, 0) is 21.2 Å². The maximum Gasteiger partial charge on any atom is 0.245 e. The zero-order valence-corrected chi connectivity index (χ0v) is 19.7. The molecular formula is C25H28N2O5S. The van der Waals surface area contributed by atoms with Crippen LogP contribution in [0, 0.1) is 6.92 Å². The van der Waals surface area contributed by atoms with E-state index in [-0.39, 0.29) is 17.1 Å². The van der Waals surface area contributed by atoms with Crippen LogP contribution >= 0.6 is 0 Å². The van der Waals surface area contributed by atoms with Crippen molar-refractivity contribution >= 4 is 21.6 Å². The van der Waals surface area contributed by atoms with Crippen molar-refractivity contribution in [2.24, 2.45) is 0 Å². The molecule has 0 aliphatic heterocycles. The lowest BCUT2D eigenvalue weighted by atomic mass is 10.1. The summed E-state index contributed by atoms with van der Waals surface area (Å²) >= 11 is 0. The number of hydrogen-bond acceptors (Lipinski definition) is 5. The van der Waals surface area contributed by atoms with Crippen LogP contribution in [0.1, 0.15) is 18.1 Å². The van der Waals surface area contributed by atoms with Gasteiger partial charge in [-0.15, -0.1) is 0 Å². The van der Waals surface area contributed by atoms with Crippen molar-refractivity contribution in [1.82, 2.24) is 4.72 Å². The molecule has 2 N–H and O–H groups in total. The number of nitrogens with one attached hydrogen (secondary N) is 2. The highest BCUT2D eigenvalue weighted by Crippen LogP contribution is 2.25. The van der Waals surface area contributed by atoms with Crippen molar-refractivity contribution in [1.29, 1.82) is 0 Å². The minimum Gasteiger partial charge on any atom is -0.495 e. The number of hydrogen-bond donors (Lipinski definition) is 2. The Balaban J connectivity index is 1.87. The smallest absolute Gasteiger partial charge is 0.245 e. The van der Waals surface area contributed by atoms with Crippen LogP contribution in [0.5, 0.6) is 11.5 Å². The van der Waals surface area contributed by atoms with Crippen molar-refractivity contribution in [2.45, 2.75) is 31.2 Å². The third-order valence-corrected chi connectivity index (χ3v) is 6.43. The second-order valence-electron chi connectivity index (χ2n) is 7.46. The Morgan fingerprint density at radius 3 is 2.33 bits per heavy atom. The zero-order chi connectivity index (χ0) is 23.8. The van der Waals surface area contributed by atoms with Crippen LogP contribution in [0.15, 0.2) is 77.7 Å². The van der Waals surface area contributed by atoms with Gasteiger partial charge >= 0.3 is 0 Å². The summed E-state index contributed by atoms with van der Waals surface area (Å²) in [5, 5.41) is 2.79. The summed E-state index contributed by atoms with van der Waals surface area (Å²) in [5.74, 6) is 0.417. The van der Waals surface area contributed by atoms with Crippen LogP contribution in [0.25, 0.3) is 0 Å². The van der Waals surface area contributed by atoms with Crippen LogP contribution < -0.4 is 19.5 Å². The van der Waals surface area contributed by atoms with E-state index in [0.29, 0.717) is 18.0 Å². The van der Waals surface area contributed by atoms with E-state index in [2.05, 4.69) is 10.0 Å². The molecule has 0 aromatic heterocycles. The average Bonchev–Trinajstić information content (AvgIpc) is 2.80. The second kappa shape index (κ2) is 11.0. The van der Waals surface area contributed by atoms with Gasteiger partial charge < -0.3 is 14.8 Å². The molecule has 7 nitrogen and oxygen atoms in total. The van der Waals surface area contributed by atoms with Gasteiger partial charge in [-0.05, 0) is 67.8 Å². The number of methoxy groups -OCH3 is 1. The fourth-order valence-corrected chi connectivity index (χ4v) is 4.76. The second-order valence-corrected chi connectivity index (χ2v) is 9.15. The Morgan fingerprint density at radius 2 is 1.70 bits per heavy atom. The first-order chi connectivity index (χ1) is 15.8. The van der Waals surface area contributed by atoms with Crippen molar-refractivity contribution < 1.29 is 22.7 Å². The van der Waals surface area contributed by atoms with Gasteiger partial charge in [0.2, 0.25) is 15.9 Å². The molecule has 8 heteroatoms. The number of amides is 1. The molecule has 0 spiro atoms. The molecule has 0 saturated heterocycles. The highest BCUT2D eigenvalue weighted by atomic mass is 32.2. The Hall–Kier alpha value is -3.36. The molecule has 33 heavy (non-hydrogen) atoms. The van der Waals surface area contributed by atoms with Crippen LogP contribution in [-0.4, -0.2) is 34.1 Å². The highest BCUT2D eigenvalue weighted by Gasteiger charge is 2.28. The Kier molecular flexibility index (Phi) is 8.08. The van der Waals surface area contributed by atoms with E-state index in [0.717, 1.165) is 11.1 Å². The van der Waals surface area contributed by atoms with Gasteiger partial charge in [0.05, 0.1) is 13.7 Å². The lowest BCUT2D eigenvalue weighted by Crippen LogP contribution is -2.45. The van der Waals surface area contributed by atoms with E-state index in [1.54, 1.807) is 43.3 Å². The van der Waals surface area contributed by atoms with Crippen molar-refractivity contribution in [3.63, 3.8) is 0 Å². The van der Waals surface area contributed by atoms with E-state index in [4.69, 9.17) is 9.47 Å². The number of sulfonamides is 1. The number of carbonyl (C=O) groups is 1. The van der Waals surface area contributed by atoms with Gasteiger partial charge in [-0.25, -0.2) is 8.42 Å². The Labute approximate surface area is 194 Å². The first kappa shape index (κ1) is 24.3. The molecule has 0 aliphatic rings. The van der Waals surface area contributed by atoms with Gasteiger partial charge in [0.25, 0.3) is 0 Å². The van der Waals surface area contributed by atoms with Crippen LogP contribution in [0.4, 0.5) is 5.69 Å². The monoisotopic (exact) mass is 468 g/mol. The topological polar surface area (TPSA) is 93.7 Å². The van der Waals surface area contributed by atoms with E-state index in [1.165, 1.54) is 13.2 Å². The highest BCUT2D eigenvalue weighted by molar-refractivity contribution is 7.89. The molecule has 1 atom stereocenters. The minimum atomic E-state index is -4.05. The van der Waals surface area contributed by atoms with Gasteiger partial charge in [-0.2, -0.15) is 4.72 Å². The first-order valence-corrected chi connectivity index (χ1v) is 12.1. The third kappa shape index (κ3) is 6.57. The molecule has 0 bridgehead atoms. The number of rotatable bonds is 10. The maximum atomic E-state index is 13.3. The first-order valence-electron chi connectivity index (χ1n) is 10.6. The molecule has 3 aromatic rings. The quantitative estimate of drug-likeness (QED) is 0.470. The van der Waals surface area contributed by atoms with Crippen molar-refractivity contribution in [3.05, 3.63) is 83.9 Å². The summed E-state index contributed by atoms with van der Waals surface area (Å²) < 4.78 is 39.7. The SMILES string of the molecule is CCOc1ccc(NC(=O)[C@@H](Cc2ccccc2)NS(=O)(=O)c2cc(C)ccc2OC)cc1. The number of carbonyl (C=O) groups excluding carboxylic acids is 1. The maximum absolute atomic E-state index is 13.3. The van der Waals surface area contributed by atoms with E-state index >= 15 is 0 Å². The number of ether oxygens (including phenoxy) is 2. The van der Waals surface area contributed by atoms with Gasteiger partial charge in [-0.3, -0.25) is 4.79 Å². The summed E-state index contributed by atoms with van der Waals surface area (Å²) in [6.07, 6.45) is 0.178. The molecule has 0 fully saturated rings. The molecule has 0 radical (unpaired) electrons. The molecule has 174 valence electrons. The fourth-order valence-electron chi connectivity index (χ4n) is 3.31. The van der Waals surface area contributed by atoms with E-state index < -0.39 is 22.0 Å². The van der Waals surface area contributed by atoms with E-state index in [9.17, 15) is 13.2 Å². The molecule has 0 unspecified atom stereocenters. The molecule has 0 heterocycles. The molecule has 1 amide bonds. The molecule has 0 aliphatic carbocycles. The number of benzene rings is 3. The summed E-state index contributed by atoms with van der Waals surface area (Å²) in [6.45, 7) is 4.22. The molecule has 3 aromatic carbocycles. The van der Waals surface area contributed by atoms with Crippen LogP contribution in [0.3, 0.4) is 0 Å². The van der Waals surface area contributed by atoms with Gasteiger partial charge in [0.15, 0.2) is 0 Å². The fraction of sp³-hybridized carbons (Fsp3) is 0.240. The summed E-state index contributed by atoms with van der Waals surface area (Å²) in [7, 11) is -2.65. The van der Waals surface area contributed by atoms with Crippen LogP contribution in [0.2, 0.25) is 0 Å². The third-order valence-electron chi connectivity index (χ3n) is 4.94. The Bertz CT molecular complexity index is 1180. The Morgan fingerprint density at radius 1 is 1.00 bits per heavy atom. The molecular weight excluding hydrogens is 440 g/mol. The molecule has 3 rings (SSSR count). The number of anilines is 1. The summed E-state index contributed by atoms with van der Waals surface area (Å²) in [4.78, 5) is 13.1. The minimum absolute atomic E-state index is 0.0167. The van der Waals surface area contributed by atoms with Crippen molar-refractivity contribution in [2.75, 3.05) is 19.0 Å². The number of aryl methyl sites for hydroxylation is 1. The van der Waals surface area contributed by atoms with E-state index in [1.807, 2.05) is 37.3 Å². The average molecular weight is 469 g/mol. The standard InChI is InChI=1S/C25H28N2O5S/c1-4-32-21-13-11-20(12-14-21)26-25(28)22(17-19-8-6-5-7-9-19)27-33(29,30)24-16-18(2)10-15-23(24)31-3/h5-16,22,27H,4,17H2,1-3H3,(H,26,28)/t22-/m1/s1. The van der Waals surface area contributed by atoms with Gasteiger partial charge in [-0.1, -0.05) is 36.4 Å². The zero-order valence-electron chi connectivity index (χ0n) is 18.9. The normalized spacial score (nSPS) is 12.1. The lowest BCUT2D eigenvalue weighted by molar-refractivity contribution is -0.117. The predicted molar refractivity (Wildman–Crippen MR) is 128 cm³/mol. The predicted octanol–water partition coefficient (Wildman–Crippen LogP) is 3.93.